The van der Waals surface area contributed by atoms with Gasteiger partial charge in [-0.3, -0.25) is 0 Å². The summed E-state index contributed by atoms with van der Waals surface area (Å²) in [7, 11) is 1.76. The van der Waals surface area contributed by atoms with Crippen LogP contribution in [0.15, 0.2) is 0 Å². The Morgan fingerprint density at radius 2 is 1.90 bits per heavy atom. The van der Waals surface area contributed by atoms with E-state index in [0.29, 0.717) is 5.41 Å². The van der Waals surface area contributed by atoms with Crippen molar-refractivity contribution in [2.45, 2.75) is 52.9 Å². The molecule has 0 amide bonds. The molecular weight excluding hydrogens is 248 g/mol. The van der Waals surface area contributed by atoms with Gasteiger partial charge in [-0.1, -0.05) is 20.8 Å². The van der Waals surface area contributed by atoms with Crippen molar-refractivity contribution >= 4 is 0 Å². The number of rotatable bonds is 8. The summed E-state index contributed by atoms with van der Waals surface area (Å²) in [6, 6.07) is 0. The van der Waals surface area contributed by atoms with Gasteiger partial charge in [-0.05, 0) is 69.6 Å². The number of likely N-dealkylation sites (tertiary alicyclic amines) is 1. The Balaban J connectivity index is 2.07. The number of hydrogen-bond donors (Lipinski definition) is 1. The molecule has 1 aliphatic heterocycles. The molecule has 1 heterocycles. The molecule has 0 bridgehead atoms. The molecule has 0 radical (unpaired) electrons. The van der Waals surface area contributed by atoms with Crippen molar-refractivity contribution in [3.8, 4) is 0 Å². The summed E-state index contributed by atoms with van der Waals surface area (Å²) in [4.78, 5) is 2.68. The minimum absolute atomic E-state index is 0.487. The molecule has 0 aromatic rings. The molecule has 1 fully saturated rings. The first-order chi connectivity index (χ1) is 9.54. The maximum absolute atomic E-state index is 5.02. The van der Waals surface area contributed by atoms with Crippen LogP contribution in [-0.4, -0.2) is 51.3 Å². The van der Waals surface area contributed by atoms with Crippen molar-refractivity contribution in [3.05, 3.63) is 0 Å². The van der Waals surface area contributed by atoms with E-state index in [-0.39, 0.29) is 0 Å². The van der Waals surface area contributed by atoms with E-state index >= 15 is 0 Å². The van der Waals surface area contributed by atoms with Crippen molar-refractivity contribution in [1.82, 2.24) is 10.2 Å². The molecule has 1 rings (SSSR count). The maximum atomic E-state index is 5.02. The monoisotopic (exact) mass is 284 g/mol. The van der Waals surface area contributed by atoms with Gasteiger partial charge in [0.05, 0.1) is 6.61 Å². The van der Waals surface area contributed by atoms with E-state index in [1.165, 1.54) is 51.7 Å². The normalized spacial score (nSPS) is 21.9. The van der Waals surface area contributed by atoms with Gasteiger partial charge >= 0.3 is 0 Å². The SMILES string of the molecule is COCCNCCCCN1CCCC(C(C)(C)C)CC1. The van der Waals surface area contributed by atoms with E-state index in [2.05, 4.69) is 31.0 Å². The topological polar surface area (TPSA) is 24.5 Å². The lowest BCUT2D eigenvalue weighted by atomic mass is 9.77. The van der Waals surface area contributed by atoms with E-state index in [0.717, 1.165) is 25.6 Å². The highest BCUT2D eigenvalue weighted by Gasteiger charge is 2.26. The second kappa shape index (κ2) is 9.75. The number of unbranched alkanes of at least 4 members (excludes halogenated alkanes) is 1. The Bertz CT molecular complexity index is 238. The second-order valence-electron chi connectivity index (χ2n) is 7.29. The van der Waals surface area contributed by atoms with Crippen molar-refractivity contribution < 1.29 is 4.74 Å². The summed E-state index contributed by atoms with van der Waals surface area (Å²) >= 11 is 0. The van der Waals surface area contributed by atoms with Gasteiger partial charge in [0.2, 0.25) is 0 Å². The van der Waals surface area contributed by atoms with E-state index < -0.39 is 0 Å². The van der Waals surface area contributed by atoms with Crippen LogP contribution in [0.3, 0.4) is 0 Å². The van der Waals surface area contributed by atoms with Gasteiger partial charge in [0.25, 0.3) is 0 Å². The molecule has 3 heteroatoms. The Hall–Kier alpha value is -0.120. The van der Waals surface area contributed by atoms with E-state index in [9.17, 15) is 0 Å². The van der Waals surface area contributed by atoms with Crippen molar-refractivity contribution in [2.24, 2.45) is 11.3 Å². The quantitative estimate of drug-likeness (QED) is 0.693. The Kier molecular flexibility index (Phi) is 8.74. The lowest BCUT2D eigenvalue weighted by Crippen LogP contribution is -2.28. The number of methoxy groups -OCH3 is 1. The van der Waals surface area contributed by atoms with E-state index in [1.54, 1.807) is 7.11 Å². The van der Waals surface area contributed by atoms with Crippen molar-refractivity contribution in [2.75, 3.05) is 46.4 Å². The number of hydrogen-bond acceptors (Lipinski definition) is 3. The minimum atomic E-state index is 0.487. The third-order valence-corrected chi connectivity index (χ3v) is 4.61. The van der Waals surface area contributed by atoms with Crippen LogP contribution in [0.2, 0.25) is 0 Å². The minimum Gasteiger partial charge on any atom is -0.383 e. The van der Waals surface area contributed by atoms with Crippen LogP contribution in [0.4, 0.5) is 0 Å². The fraction of sp³-hybridized carbons (Fsp3) is 1.00. The fourth-order valence-electron chi connectivity index (χ4n) is 3.13. The second-order valence-corrected chi connectivity index (χ2v) is 7.29. The summed E-state index contributed by atoms with van der Waals surface area (Å²) in [5.41, 5.74) is 0.487. The summed E-state index contributed by atoms with van der Waals surface area (Å²) in [5, 5.41) is 3.42. The smallest absolute Gasteiger partial charge is 0.0587 e. The average molecular weight is 284 g/mol. The Morgan fingerprint density at radius 1 is 1.10 bits per heavy atom. The first-order valence-electron chi connectivity index (χ1n) is 8.46. The highest BCUT2D eigenvalue weighted by atomic mass is 16.5. The third-order valence-electron chi connectivity index (χ3n) is 4.61. The molecule has 0 aliphatic carbocycles. The fourth-order valence-corrected chi connectivity index (χ4v) is 3.13. The van der Waals surface area contributed by atoms with Crippen LogP contribution in [0, 0.1) is 11.3 Å². The largest absolute Gasteiger partial charge is 0.383 e. The maximum Gasteiger partial charge on any atom is 0.0587 e. The molecule has 20 heavy (non-hydrogen) atoms. The van der Waals surface area contributed by atoms with Gasteiger partial charge in [-0.2, -0.15) is 0 Å². The van der Waals surface area contributed by atoms with E-state index in [4.69, 9.17) is 4.74 Å². The lowest BCUT2D eigenvalue weighted by molar-refractivity contribution is 0.198. The molecule has 1 atom stereocenters. The molecule has 1 aliphatic rings. The van der Waals surface area contributed by atoms with Crippen LogP contribution in [0.1, 0.15) is 52.9 Å². The van der Waals surface area contributed by atoms with Gasteiger partial charge in [0.15, 0.2) is 0 Å². The molecule has 0 aromatic heterocycles. The zero-order valence-corrected chi connectivity index (χ0v) is 14.2. The van der Waals surface area contributed by atoms with Gasteiger partial charge in [0.1, 0.15) is 0 Å². The predicted molar refractivity (Wildman–Crippen MR) is 87.2 cm³/mol. The number of ether oxygens (including phenoxy) is 1. The van der Waals surface area contributed by atoms with Crippen LogP contribution in [-0.2, 0) is 4.74 Å². The molecule has 0 aromatic carbocycles. The molecule has 0 saturated carbocycles. The van der Waals surface area contributed by atoms with Gasteiger partial charge < -0.3 is 15.0 Å². The molecule has 1 saturated heterocycles. The highest BCUT2D eigenvalue weighted by molar-refractivity contribution is 4.78. The molecular formula is C17H36N2O. The Morgan fingerprint density at radius 3 is 2.60 bits per heavy atom. The van der Waals surface area contributed by atoms with Crippen LogP contribution >= 0.6 is 0 Å². The first kappa shape index (κ1) is 17.9. The zero-order valence-electron chi connectivity index (χ0n) is 14.2. The number of nitrogens with zero attached hydrogens (tertiary/aromatic N) is 1. The number of nitrogens with one attached hydrogen (secondary N) is 1. The third kappa shape index (κ3) is 7.61. The van der Waals surface area contributed by atoms with Crippen LogP contribution < -0.4 is 5.32 Å². The van der Waals surface area contributed by atoms with E-state index in [1.807, 2.05) is 0 Å². The van der Waals surface area contributed by atoms with Gasteiger partial charge in [-0.15, -0.1) is 0 Å². The summed E-state index contributed by atoms with van der Waals surface area (Å²) < 4.78 is 5.02. The van der Waals surface area contributed by atoms with Crippen LogP contribution in [0.5, 0.6) is 0 Å². The molecule has 3 nitrogen and oxygen atoms in total. The summed E-state index contributed by atoms with van der Waals surface area (Å²) in [6.07, 6.45) is 6.78. The predicted octanol–water partition coefficient (Wildman–Crippen LogP) is 3.15. The van der Waals surface area contributed by atoms with Crippen molar-refractivity contribution in [3.63, 3.8) is 0 Å². The zero-order chi connectivity index (χ0) is 14.8. The van der Waals surface area contributed by atoms with Crippen molar-refractivity contribution in [1.29, 1.82) is 0 Å². The lowest BCUT2D eigenvalue weighted by Gasteiger charge is -2.29. The van der Waals surface area contributed by atoms with Gasteiger partial charge in [-0.25, -0.2) is 0 Å². The summed E-state index contributed by atoms with van der Waals surface area (Å²) in [6.45, 7) is 14.0. The standard InChI is InChI=1S/C17H36N2O/c1-17(2,3)16-8-7-13-19(14-9-16)12-6-5-10-18-11-15-20-4/h16,18H,5-15H2,1-4H3. The highest BCUT2D eigenvalue weighted by Crippen LogP contribution is 2.34. The van der Waals surface area contributed by atoms with Crippen LogP contribution in [0.25, 0.3) is 0 Å². The molecule has 1 N–H and O–H groups in total. The Labute approximate surface area is 126 Å². The molecule has 1 unspecified atom stereocenters. The average Bonchev–Trinajstić information content (AvgIpc) is 2.63. The summed E-state index contributed by atoms with van der Waals surface area (Å²) in [5.74, 6) is 0.906. The first-order valence-corrected chi connectivity index (χ1v) is 8.46. The van der Waals surface area contributed by atoms with Gasteiger partial charge in [0, 0.05) is 13.7 Å². The molecule has 120 valence electrons. The molecule has 0 spiro atoms.